The van der Waals surface area contributed by atoms with Crippen molar-refractivity contribution in [2.75, 3.05) is 26.2 Å². The summed E-state index contributed by atoms with van der Waals surface area (Å²) < 4.78 is 0. The molecule has 0 rings (SSSR count). The second kappa shape index (κ2) is 7.80. The van der Waals surface area contributed by atoms with Crippen molar-refractivity contribution in [1.82, 2.24) is 10.2 Å². The second-order valence-corrected chi connectivity index (χ2v) is 2.56. The van der Waals surface area contributed by atoms with Crippen LogP contribution < -0.4 is 5.32 Å². The number of carbonyl (C=O) groups excluding carboxylic acids is 2. The van der Waals surface area contributed by atoms with E-state index in [0.29, 0.717) is 19.4 Å². The summed E-state index contributed by atoms with van der Waals surface area (Å²) in [5.74, 6) is -0.190. The third-order valence-corrected chi connectivity index (χ3v) is 1.63. The maximum Gasteiger partial charge on any atom is 0.214 e. The summed E-state index contributed by atoms with van der Waals surface area (Å²) in [5.41, 5.74) is 0. The minimum atomic E-state index is -0.190. The van der Waals surface area contributed by atoms with Crippen LogP contribution in [0.1, 0.15) is 6.92 Å². The molecule has 0 aliphatic rings. The Kier molecular flexibility index (Phi) is 7.29. The topological polar surface area (TPSA) is 49.4 Å². The molecule has 4 nitrogen and oxygen atoms in total. The zero-order valence-corrected chi connectivity index (χ0v) is 7.95. The van der Waals surface area contributed by atoms with Crippen molar-refractivity contribution in [3.05, 3.63) is 0 Å². The fourth-order valence-electron chi connectivity index (χ4n) is 0.928. The predicted octanol–water partition coefficient (Wildman–Crippen LogP) is -0.790. The van der Waals surface area contributed by atoms with Gasteiger partial charge < -0.3 is 15.0 Å². The number of carbonyl (C=O) groups is 2. The Labute approximate surface area is 80.1 Å². The number of aldehydes is 1. The van der Waals surface area contributed by atoms with E-state index in [1.54, 1.807) is 0 Å². The second-order valence-electron chi connectivity index (χ2n) is 2.56. The molecule has 0 saturated carbocycles. The summed E-state index contributed by atoms with van der Waals surface area (Å²) in [7, 11) is 5.18. The van der Waals surface area contributed by atoms with Crippen LogP contribution >= 0.6 is 0 Å². The average Bonchev–Trinajstić information content (AvgIpc) is 2.16. The van der Waals surface area contributed by atoms with Crippen molar-refractivity contribution in [2.24, 2.45) is 0 Å². The van der Waals surface area contributed by atoms with E-state index in [0.717, 1.165) is 6.54 Å². The van der Waals surface area contributed by atoms with Crippen LogP contribution in [0.2, 0.25) is 6.32 Å². The van der Waals surface area contributed by atoms with Crippen LogP contribution in [0.25, 0.3) is 0 Å². The molecule has 5 heteroatoms. The van der Waals surface area contributed by atoms with Gasteiger partial charge in [-0.1, -0.05) is 6.92 Å². The minimum absolute atomic E-state index is 0.0417. The van der Waals surface area contributed by atoms with E-state index in [4.69, 9.17) is 7.85 Å². The lowest BCUT2D eigenvalue weighted by molar-refractivity contribution is -0.130. The van der Waals surface area contributed by atoms with Gasteiger partial charge in [-0.3, -0.25) is 4.79 Å². The highest BCUT2D eigenvalue weighted by molar-refractivity contribution is 6.19. The summed E-state index contributed by atoms with van der Waals surface area (Å²) in [5, 5.41) is 3.07. The summed E-state index contributed by atoms with van der Waals surface area (Å²) in [4.78, 5) is 22.8. The van der Waals surface area contributed by atoms with Gasteiger partial charge in [0.25, 0.3) is 0 Å². The number of likely N-dealkylation sites (N-methyl/N-ethyl adjacent to an activating group) is 1. The van der Waals surface area contributed by atoms with E-state index < -0.39 is 0 Å². The number of hydrogen-bond acceptors (Lipinski definition) is 3. The molecule has 0 unspecified atom stereocenters. The molecule has 0 bridgehead atoms. The van der Waals surface area contributed by atoms with Crippen molar-refractivity contribution in [3.63, 3.8) is 0 Å². The highest BCUT2D eigenvalue weighted by atomic mass is 16.2. The first-order chi connectivity index (χ1) is 6.26. The highest BCUT2D eigenvalue weighted by Crippen LogP contribution is 1.90. The maximum absolute atomic E-state index is 11.1. The van der Waals surface area contributed by atoms with E-state index in [9.17, 15) is 9.59 Å². The lowest BCUT2D eigenvalue weighted by Crippen LogP contribution is -2.37. The first kappa shape index (κ1) is 12.2. The van der Waals surface area contributed by atoms with E-state index in [1.165, 1.54) is 4.90 Å². The van der Waals surface area contributed by atoms with Gasteiger partial charge in [0.05, 0.1) is 14.4 Å². The molecule has 1 N–H and O–H groups in total. The average molecular weight is 182 g/mol. The highest BCUT2D eigenvalue weighted by Gasteiger charge is 2.08. The Morgan fingerprint density at radius 2 is 2.31 bits per heavy atom. The molecule has 1 amide bonds. The molecule has 0 atom stereocenters. The van der Waals surface area contributed by atoms with Gasteiger partial charge in [0.2, 0.25) is 5.91 Å². The van der Waals surface area contributed by atoms with Gasteiger partial charge in [0.1, 0.15) is 6.29 Å². The molecule has 0 aliphatic heterocycles. The number of hydrogen-bond donors (Lipinski definition) is 1. The van der Waals surface area contributed by atoms with Gasteiger partial charge in [-0.2, -0.15) is 0 Å². The first-order valence-electron chi connectivity index (χ1n) is 4.38. The molecule has 0 aromatic carbocycles. The molecule has 0 aliphatic carbocycles. The quantitative estimate of drug-likeness (QED) is 0.319. The third kappa shape index (κ3) is 5.41. The molecule has 0 aromatic heterocycles. The Balaban J connectivity index is 3.79. The zero-order chi connectivity index (χ0) is 10.1. The summed E-state index contributed by atoms with van der Waals surface area (Å²) in [6, 6.07) is 0. The first-order valence-corrected chi connectivity index (χ1v) is 4.38. The predicted molar refractivity (Wildman–Crippen MR) is 51.7 cm³/mol. The van der Waals surface area contributed by atoms with Gasteiger partial charge in [-0.15, -0.1) is 0 Å². The molecule has 13 heavy (non-hydrogen) atoms. The fourth-order valence-corrected chi connectivity index (χ4v) is 0.928. The van der Waals surface area contributed by atoms with Gasteiger partial charge in [-0.05, 0) is 12.9 Å². The Bertz CT molecular complexity index is 164. The van der Waals surface area contributed by atoms with Crippen LogP contribution in [0, 0.1) is 0 Å². The number of nitrogens with one attached hydrogen (secondary N) is 1. The Morgan fingerprint density at radius 3 is 2.77 bits per heavy atom. The summed E-state index contributed by atoms with van der Waals surface area (Å²) >= 11 is 0. The third-order valence-electron chi connectivity index (χ3n) is 1.63. The number of nitrogens with zero attached hydrogens (tertiary/aromatic N) is 1. The summed E-state index contributed by atoms with van der Waals surface area (Å²) in [6.07, 6.45) is 0.666. The Morgan fingerprint density at radius 1 is 1.62 bits per heavy atom. The van der Waals surface area contributed by atoms with Gasteiger partial charge in [0, 0.05) is 13.1 Å². The SMILES string of the molecule is [B]CC(=O)N(CC=O)CCNCC. The minimum Gasteiger partial charge on any atom is -0.335 e. The Hall–Kier alpha value is -0.835. The van der Waals surface area contributed by atoms with Crippen LogP contribution in [0.5, 0.6) is 0 Å². The molecule has 72 valence electrons. The fraction of sp³-hybridized carbons (Fsp3) is 0.750. The molecular weight excluding hydrogens is 167 g/mol. The molecule has 0 saturated heterocycles. The van der Waals surface area contributed by atoms with E-state index in [-0.39, 0.29) is 18.8 Å². The van der Waals surface area contributed by atoms with Gasteiger partial charge in [-0.25, -0.2) is 0 Å². The van der Waals surface area contributed by atoms with Crippen LogP contribution in [0.15, 0.2) is 0 Å². The summed E-state index contributed by atoms with van der Waals surface area (Å²) in [6.45, 7) is 4.18. The van der Waals surface area contributed by atoms with Crippen molar-refractivity contribution >= 4 is 20.0 Å². The van der Waals surface area contributed by atoms with Crippen LogP contribution in [0.3, 0.4) is 0 Å². The normalized spacial score (nSPS) is 9.62. The van der Waals surface area contributed by atoms with Crippen LogP contribution in [-0.2, 0) is 9.59 Å². The number of amides is 1. The lowest BCUT2D eigenvalue weighted by atomic mass is 10.0. The van der Waals surface area contributed by atoms with Crippen molar-refractivity contribution in [3.8, 4) is 0 Å². The maximum atomic E-state index is 11.1. The molecule has 2 radical (unpaired) electrons. The largest absolute Gasteiger partial charge is 0.335 e. The lowest BCUT2D eigenvalue weighted by Gasteiger charge is -2.19. The van der Waals surface area contributed by atoms with Gasteiger partial charge in [0.15, 0.2) is 0 Å². The molecule has 0 aromatic rings. The van der Waals surface area contributed by atoms with Crippen molar-refractivity contribution < 1.29 is 9.59 Å². The monoisotopic (exact) mass is 182 g/mol. The molecular formula is C8H15BN2O2. The molecule has 0 fully saturated rings. The molecule has 0 spiro atoms. The van der Waals surface area contributed by atoms with Crippen molar-refractivity contribution in [1.29, 1.82) is 0 Å². The van der Waals surface area contributed by atoms with Crippen LogP contribution in [0.4, 0.5) is 0 Å². The zero-order valence-electron chi connectivity index (χ0n) is 7.95. The van der Waals surface area contributed by atoms with E-state index >= 15 is 0 Å². The number of rotatable bonds is 7. The van der Waals surface area contributed by atoms with Crippen molar-refractivity contribution in [2.45, 2.75) is 13.2 Å². The van der Waals surface area contributed by atoms with Gasteiger partial charge >= 0.3 is 0 Å². The standard InChI is InChI=1S/C8H15BN2O2/c1-2-10-3-4-11(5-6-12)8(13)7-9/h6,10H,2-5,7H2,1H3. The smallest absolute Gasteiger partial charge is 0.214 e. The van der Waals surface area contributed by atoms with E-state index in [2.05, 4.69) is 5.32 Å². The van der Waals surface area contributed by atoms with E-state index in [1.807, 2.05) is 6.92 Å². The molecule has 0 heterocycles. The van der Waals surface area contributed by atoms with Crippen LogP contribution in [-0.4, -0.2) is 51.1 Å².